The third-order valence-electron chi connectivity index (χ3n) is 1.54. The topological polar surface area (TPSA) is 9.23 Å². The SMILES string of the molecule is Cc1ccc2c(c1)OC(I)S2. The molecule has 0 N–H and O–H groups in total. The molecule has 0 fully saturated rings. The molecule has 1 unspecified atom stereocenters. The van der Waals surface area contributed by atoms with Crippen molar-refractivity contribution in [1.82, 2.24) is 0 Å². The summed E-state index contributed by atoms with van der Waals surface area (Å²) in [4.78, 5) is 1.26. The Morgan fingerprint density at radius 2 is 2.36 bits per heavy atom. The van der Waals surface area contributed by atoms with Crippen LogP contribution < -0.4 is 4.74 Å². The first-order valence-corrected chi connectivity index (χ1v) is 5.46. The highest BCUT2D eigenvalue weighted by Gasteiger charge is 2.20. The second-order valence-corrected chi connectivity index (χ2v) is 5.54. The van der Waals surface area contributed by atoms with E-state index in [-0.39, 0.29) is 3.44 Å². The highest BCUT2D eigenvalue weighted by atomic mass is 127. The van der Waals surface area contributed by atoms with Crippen LogP contribution in [0.15, 0.2) is 23.1 Å². The minimum atomic E-state index is 0.254. The molecule has 1 aliphatic rings. The highest BCUT2D eigenvalue weighted by molar-refractivity contribution is 14.1. The lowest BCUT2D eigenvalue weighted by atomic mass is 10.2. The fourth-order valence-corrected chi connectivity index (χ4v) is 2.85. The molecule has 11 heavy (non-hydrogen) atoms. The summed E-state index contributed by atoms with van der Waals surface area (Å²) in [5.41, 5.74) is 1.26. The molecule has 1 aromatic carbocycles. The third-order valence-corrected chi connectivity index (χ3v) is 3.43. The van der Waals surface area contributed by atoms with Crippen LogP contribution >= 0.6 is 34.4 Å². The molecule has 0 radical (unpaired) electrons. The van der Waals surface area contributed by atoms with Gasteiger partial charge in [0.2, 0.25) is 0 Å². The zero-order valence-corrected chi connectivity index (χ0v) is 8.98. The van der Waals surface area contributed by atoms with E-state index in [0.29, 0.717) is 0 Å². The minimum Gasteiger partial charge on any atom is -0.468 e. The Hall–Kier alpha value is 0.100. The van der Waals surface area contributed by atoms with Crippen LogP contribution in [0, 0.1) is 6.92 Å². The normalized spacial score (nSPS) is 21.1. The van der Waals surface area contributed by atoms with Crippen LogP contribution in [0.3, 0.4) is 0 Å². The number of hydrogen-bond acceptors (Lipinski definition) is 2. The first-order valence-electron chi connectivity index (χ1n) is 3.34. The van der Waals surface area contributed by atoms with E-state index in [1.54, 1.807) is 11.8 Å². The average molecular weight is 278 g/mol. The maximum absolute atomic E-state index is 5.54. The van der Waals surface area contributed by atoms with E-state index in [2.05, 4.69) is 47.7 Å². The first kappa shape index (κ1) is 7.73. The minimum absolute atomic E-state index is 0.254. The lowest BCUT2D eigenvalue weighted by molar-refractivity contribution is 0.383. The molecule has 1 nitrogen and oxygen atoms in total. The summed E-state index contributed by atoms with van der Waals surface area (Å²) in [6.07, 6.45) is 0. The Labute approximate surface area is 83.7 Å². The van der Waals surface area contributed by atoms with Crippen LogP contribution in [-0.2, 0) is 0 Å². The maximum Gasteiger partial charge on any atom is 0.199 e. The highest BCUT2D eigenvalue weighted by Crippen LogP contribution is 2.43. The van der Waals surface area contributed by atoms with Gasteiger partial charge in [-0.1, -0.05) is 17.8 Å². The van der Waals surface area contributed by atoms with Gasteiger partial charge in [-0.2, -0.15) is 0 Å². The molecule has 3 heteroatoms. The van der Waals surface area contributed by atoms with Crippen molar-refractivity contribution in [3.8, 4) is 5.75 Å². The molecular formula is C8H7IOS. The number of thioether (sulfide) groups is 1. The van der Waals surface area contributed by atoms with E-state index in [1.807, 2.05) is 0 Å². The number of ether oxygens (including phenoxy) is 1. The predicted octanol–water partition coefficient (Wildman–Crippen LogP) is 3.20. The second kappa shape index (κ2) is 2.86. The van der Waals surface area contributed by atoms with Crippen molar-refractivity contribution in [2.45, 2.75) is 15.3 Å². The zero-order chi connectivity index (χ0) is 7.84. The van der Waals surface area contributed by atoms with E-state index < -0.39 is 0 Å². The Kier molecular flexibility index (Phi) is 2.01. The Morgan fingerprint density at radius 1 is 1.55 bits per heavy atom. The number of rotatable bonds is 0. The fourth-order valence-electron chi connectivity index (χ4n) is 1.03. The van der Waals surface area contributed by atoms with Gasteiger partial charge in [-0.15, -0.1) is 0 Å². The van der Waals surface area contributed by atoms with E-state index in [0.717, 1.165) is 5.75 Å². The van der Waals surface area contributed by atoms with Crippen LogP contribution in [0.2, 0.25) is 0 Å². The maximum atomic E-state index is 5.54. The number of alkyl halides is 1. The van der Waals surface area contributed by atoms with Crippen LogP contribution in [-0.4, -0.2) is 3.44 Å². The molecule has 0 saturated heterocycles. The standard InChI is InChI=1S/C8H7IOS/c1-5-2-3-7-6(4-5)10-8(9)11-7/h2-4,8H,1H3. The monoisotopic (exact) mass is 278 g/mol. The van der Waals surface area contributed by atoms with Crippen LogP contribution in [0.25, 0.3) is 0 Å². The lowest BCUT2D eigenvalue weighted by Gasteiger charge is -1.99. The van der Waals surface area contributed by atoms with Gasteiger partial charge in [0.15, 0.2) is 3.44 Å². The van der Waals surface area contributed by atoms with Crippen molar-refractivity contribution in [3.63, 3.8) is 0 Å². The molecule has 58 valence electrons. The Bertz CT molecular complexity index is 287. The molecular weight excluding hydrogens is 271 g/mol. The lowest BCUT2D eigenvalue weighted by Crippen LogP contribution is -1.93. The van der Waals surface area contributed by atoms with Gasteiger partial charge in [0.1, 0.15) is 5.75 Å². The molecule has 1 heterocycles. The molecule has 1 atom stereocenters. The summed E-state index contributed by atoms with van der Waals surface area (Å²) in [5.74, 6) is 1.04. The molecule has 0 bridgehead atoms. The van der Waals surface area contributed by atoms with E-state index in [4.69, 9.17) is 4.74 Å². The molecule has 1 aliphatic heterocycles. The molecule has 0 aromatic heterocycles. The molecule has 1 aromatic rings. The van der Waals surface area contributed by atoms with Gasteiger partial charge < -0.3 is 4.74 Å². The molecule has 2 rings (SSSR count). The molecule has 0 saturated carbocycles. The van der Waals surface area contributed by atoms with Crippen molar-refractivity contribution in [2.75, 3.05) is 0 Å². The van der Waals surface area contributed by atoms with E-state index in [1.165, 1.54) is 10.5 Å². The number of fused-ring (bicyclic) bond motifs is 1. The predicted molar refractivity (Wildman–Crippen MR) is 55.5 cm³/mol. The summed E-state index contributed by atoms with van der Waals surface area (Å²) >= 11 is 4.04. The number of benzene rings is 1. The van der Waals surface area contributed by atoms with Gasteiger partial charge in [-0.3, -0.25) is 0 Å². The Balaban J connectivity index is 2.43. The summed E-state index contributed by atoms with van der Waals surface area (Å²) in [6.45, 7) is 2.08. The van der Waals surface area contributed by atoms with Crippen molar-refractivity contribution >= 4 is 34.4 Å². The summed E-state index contributed by atoms with van der Waals surface area (Å²) in [7, 11) is 0. The van der Waals surface area contributed by atoms with Crippen molar-refractivity contribution in [3.05, 3.63) is 23.8 Å². The number of halogens is 1. The molecule has 0 amide bonds. The van der Waals surface area contributed by atoms with Crippen LogP contribution in [0.1, 0.15) is 5.56 Å². The summed E-state index contributed by atoms with van der Waals surface area (Å²) < 4.78 is 5.79. The molecule has 0 aliphatic carbocycles. The van der Waals surface area contributed by atoms with Crippen LogP contribution in [0.4, 0.5) is 0 Å². The third kappa shape index (κ3) is 1.49. The Morgan fingerprint density at radius 3 is 3.18 bits per heavy atom. The smallest absolute Gasteiger partial charge is 0.199 e. The summed E-state index contributed by atoms with van der Waals surface area (Å²) in [5, 5.41) is 0. The number of aryl methyl sites for hydroxylation is 1. The van der Waals surface area contributed by atoms with Crippen molar-refractivity contribution < 1.29 is 4.74 Å². The van der Waals surface area contributed by atoms with E-state index >= 15 is 0 Å². The van der Waals surface area contributed by atoms with Gasteiger partial charge in [-0.05, 0) is 47.2 Å². The van der Waals surface area contributed by atoms with E-state index in [9.17, 15) is 0 Å². The van der Waals surface area contributed by atoms with Gasteiger partial charge in [0, 0.05) is 0 Å². The molecule has 0 spiro atoms. The first-order chi connectivity index (χ1) is 5.25. The quantitative estimate of drug-likeness (QED) is 0.532. The number of hydrogen-bond donors (Lipinski definition) is 0. The largest absolute Gasteiger partial charge is 0.468 e. The van der Waals surface area contributed by atoms with Gasteiger partial charge in [-0.25, -0.2) is 0 Å². The average Bonchev–Trinajstić information content (AvgIpc) is 2.27. The summed E-state index contributed by atoms with van der Waals surface area (Å²) in [6, 6.07) is 6.32. The van der Waals surface area contributed by atoms with Gasteiger partial charge in [0.25, 0.3) is 0 Å². The van der Waals surface area contributed by atoms with Crippen molar-refractivity contribution in [2.24, 2.45) is 0 Å². The van der Waals surface area contributed by atoms with Crippen LogP contribution in [0.5, 0.6) is 5.75 Å². The van der Waals surface area contributed by atoms with Crippen molar-refractivity contribution in [1.29, 1.82) is 0 Å². The van der Waals surface area contributed by atoms with Gasteiger partial charge in [0.05, 0.1) is 4.90 Å². The van der Waals surface area contributed by atoms with Gasteiger partial charge >= 0.3 is 0 Å². The zero-order valence-electron chi connectivity index (χ0n) is 6.00. The fraction of sp³-hybridized carbons (Fsp3) is 0.250. The second-order valence-electron chi connectivity index (χ2n) is 2.46.